The summed E-state index contributed by atoms with van der Waals surface area (Å²) in [6, 6.07) is 14.3. The molecule has 1 fully saturated rings. The van der Waals surface area contributed by atoms with Gasteiger partial charge in [0, 0.05) is 19.1 Å². The van der Waals surface area contributed by atoms with Gasteiger partial charge >= 0.3 is 0 Å². The third-order valence-corrected chi connectivity index (χ3v) is 5.93. The lowest BCUT2D eigenvalue weighted by Crippen LogP contribution is -2.36. The standard InChI is InChI=1S/C23H29FN2/c24-22-9-7-18(8-10-22)19-5-6-21-17-26(14-11-20(21)16-19)15-12-23-4-2-1-3-13-25-23/h5-10,16,23,25H,1-4,11-15,17H2. The van der Waals surface area contributed by atoms with Gasteiger partial charge in [0.2, 0.25) is 0 Å². The highest BCUT2D eigenvalue weighted by atomic mass is 19.1. The quantitative estimate of drug-likeness (QED) is 0.852. The van der Waals surface area contributed by atoms with Crippen LogP contribution in [-0.4, -0.2) is 30.6 Å². The normalized spacial score (nSPS) is 21.2. The molecule has 3 heteroatoms. The van der Waals surface area contributed by atoms with E-state index in [9.17, 15) is 4.39 Å². The fourth-order valence-corrected chi connectivity index (χ4v) is 4.31. The van der Waals surface area contributed by atoms with Gasteiger partial charge in [0.05, 0.1) is 0 Å². The molecule has 2 heterocycles. The molecule has 0 saturated carbocycles. The van der Waals surface area contributed by atoms with Crippen LogP contribution in [0.3, 0.4) is 0 Å². The summed E-state index contributed by atoms with van der Waals surface area (Å²) in [7, 11) is 0. The van der Waals surface area contributed by atoms with Crippen LogP contribution in [0.25, 0.3) is 11.1 Å². The second-order valence-corrected chi connectivity index (χ2v) is 7.81. The van der Waals surface area contributed by atoms with E-state index in [2.05, 4.69) is 28.4 Å². The molecule has 138 valence electrons. The first-order valence-corrected chi connectivity index (χ1v) is 10.1. The minimum Gasteiger partial charge on any atom is -0.314 e. The van der Waals surface area contributed by atoms with Crippen molar-refractivity contribution < 1.29 is 4.39 Å². The third kappa shape index (κ3) is 4.33. The highest BCUT2D eigenvalue weighted by molar-refractivity contribution is 5.65. The van der Waals surface area contributed by atoms with E-state index in [4.69, 9.17) is 0 Å². The van der Waals surface area contributed by atoms with Gasteiger partial charge in [-0.2, -0.15) is 0 Å². The van der Waals surface area contributed by atoms with Crippen molar-refractivity contribution in [3.63, 3.8) is 0 Å². The lowest BCUT2D eigenvalue weighted by atomic mass is 9.94. The van der Waals surface area contributed by atoms with Gasteiger partial charge in [0.15, 0.2) is 0 Å². The molecule has 1 saturated heterocycles. The van der Waals surface area contributed by atoms with E-state index < -0.39 is 0 Å². The van der Waals surface area contributed by atoms with Gasteiger partial charge < -0.3 is 5.32 Å². The molecule has 4 rings (SSSR count). The Hall–Kier alpha value is -1.71. The maximum atomic E-state index is 13.1. The van der Waals surface area contributed by atoms with Crippen LogP contribution in [0, 0.1) is 5.82 Å². The summed E-state index contributed by atoms with van der Waals surface area (Å²) in [6.45, 7) is 4.59. The third-order valence-electron chi connectivity index (χ3n) is 5.93. The van der Waals surface area contributed by atoms with Crippen LogP contribution in [0.1, 0.15) is 43.2 Å². The molecule has 2 aliphatic heterocycles. The molecule has 2 aliphatic rings. The van der Waals surface area contributed by atoms with Gasteiger partial charge in [-0.1, -0.05) is 43.2 Å². The van der Waals surface area contributed by atoms with Crippen LogP contribution in [0.5, 0.6) is 0 Å². The highest BCUT2D eigenvalue weighted by Gasteiger charge is 2.18. The van der Waals surface area contributed by atoms with E-state index in [0.29, 0.717) is 6.04 Å². The molecule has 2 aromatic carbocycles. The summed E-state index contributed by atoms with van der Waals surface area (Å²) in [6.07, 6.45) is 7.82. The number of rotatable bonds is 4. The Morgan fingerprint density at radius 1 is 0.962 bits per heavy atom. The topological polar surface area (TPSA) is 15.3 Å². The van der Waals surface area contributed by atoms with Crippen LogP contribution < -0.4 is 5.32 Å². The number of hydrogen-bond donors (Lipinski definition) is 1. The number of nitrogens with one attached hydrogen (secondary N) is 1. The zero-order valence-electron chi connectivity index (χ0n) is 15.5. The molecule has 1 unspecified atom stereocenters. The lowest BCUT2D eigenvalue weighted by Gasteiger charge is -2.30. The fourth-order valence-electron chi connectivity index (χ4n) is 4.31. The maximum Gasteiger partial charge on any atom is 0.123 e. The van der Waals surface area contributed by atoms with E-state index in [1.165, 1.54) is 74.0 Å². The molecule has 1 atom stereocenters. The van der Waals surface area contributed by atoms with Crippen LogP contribution in [0.2, 0.25) is 0 Å². The van der Waals surface area contributed by atoms with E-state index in [1.54, 1.807) is 0 Å². The molecule has 2 aromatic rings. The Bertz CT molecular complexity index is 717. The van der Waals surface area contributed by atoms with Crippen molar-refractivity contribution in [3.8, 4) is 11.1 Å². The van der Waals surface area contributed by atoms with Crippen molar-refractivity contribution in [3.05, 3.63) is 59.4 Å². The molecule has 1 N–H and O–H groups in total. The van der Waals surface area contributed by atoms with Gasteiger partial charge in [0.25, 0.3) is 0 Å². The molecule has 26 heavy (non-hydrogen) atoms. The minimum atomic E-state index is -0.175. The van der Waals surface area contributed by atoms with Crippen molar-refractivity contribution in [2.24, 2.45) is 0 Å². The first-order valence-electron chi connectivity index (χ1n) is 10.1. The zero-order valence-corrected chi connectivity index (χ0v) is 15.5. The zero-order chi connectivity index (χ0) is 17.8. The van der Waals surface area contributed by atoms with E-state index in [1.807, 2.05) is 12.1 Å². The molecule has 0 aliphatic carbocycles. The van der Waals surface area contributed by atoms with Crippen molar-refractivity contribution in [1.29, 1.82) is 0 Å². The predicted molar refractivity (Wildman–Crippen MR) is 106 cm³/mol. The molecular weight excluding hydrogens is 323 g/mol. The van der Waals surface area contributed by atoms with Crippen molar-refractivity contribution in [2.45, 2.75) is 51.1 Å². The monoisotopic (exact) mass is 352 g/mol. The lowest BCUT2D eigenvalue weighted by molar-refractivity contribution is 0.237. The molecule has 0 amide bonds. The molecule has 2 nitrogen and oxygen atoms in total. The molecular formula is C23H29FN2. The highest BCUT2D eigenvalue weighted by Crippen LogP contribution is 2.27. The van der Waals surface area contributed by atoms with Crippen LogP contribution in [0.15, 0.2) is 42.5 Å². The van der Waals surface area contributed by atoms with Crippen molar-refractivity contribution in [1.82, 2.24) is 10.2 Å². The molecule has 0 aromatic heterocycles. The second-order valence-electron chi connectivity index (χ2n) is 7.81. The average Bonchev–Trinajstić information content (AvgIpc) is 2.95. The van der Waals surface area contributed by atoms with E-state index in [-0.39, 0.29) is 5.82 Å². The number of halogens is 1. The van der Waals surface area contributed by atoms with Gasteiger partial charge in [0.1, 0.15) is 5.82 Å². The largest absolute Gasteiger partial charge is 0.314 e. The summed E-state index contributed by atoms with van der Waals surface area (Å²) in [4.78, 5) is 2.60. The molecule has 0 spiro atoms. The summed E-state index contributed by atoms with van der Waals surface area (Å²) < 4.78 is 13.1. The Morgan fingerprint density at radius 2 is 1.81 bits per heavy atom. The van der Waals surface area contributed by atoms with Gasteiger partial charge in [-0.15, -0.1) is 0 Å². The van der Waals surface area contributed by atoms with Crippen molar-refractivity contribution in [2.75, 3.05) is 19.6 Å². The van der Waals surface area contributed by atoms with Crippen LogP contribution >= 0.6 is 0 Å². The van der Waals surface area contributed by atoms with Gasteiger partial charge in [-0.3, -0.25) is 4.90 Å². The Labute approximate surface area is 156 Å². The number of nitrogens with zero attached hydrogens (tertiary/aromatic N) is 1. The Morgan fingerprint density at radius 3 is 2.69 bits per heavy atom. The number of benzene rings is 2. The van der Waals surface area contributed by atoms with Gasteiger partial charge in [-0.05, 0) is 73.2 Å². The summed E-state index contributed by atoms with van der Waals surface area (Å²) in [5, 5.41) is 3.72. The van der Waals surface area contributed by atoms with Crippen LogP contribution in [0.4, 0.5) is 4.39 Å². The minimum absolute atomic E-state index is 0.175. The second kappa shape index (κ2) is 8.32. The van der Waals surface area contributed by atoms with Crippen LogP contribution in [-0.2, 0) is 13.0 Å². The summed E-state index contributed by atoms with van der Waals surface area (Å²) in [5.41, 5.74) is 5.20. The predicted octanol–water partition coefficient (Wildman–Crippen LogP) is 4.77. The van der Waals surface area contributed by atoms with Gasteiger partial charge in [-0.25, -0.2) is 4.39 Å². The van der Waals surface area contributed by atoms with E-state index in [0.717, 1.165) is 25.1 Å². The molecule has 0 bridgehead atoms. The summed E-state index contributed by atoms with van der Waals surface area (Å²) >= 11 is 0. The molecule has 0 radical (unpaired) electrons. The Balaban J connectivity index is 1.37. The first kappa shape index (κ1) is 17.7. The average molecular weight is 352 g/mol. The maximum absolute atomic E-state index is 13.1. The summed E-state index contributed by atoms with van der Waals surface area (Å²) in [5.74, 6) is -0.175. The van der Waals surface area contributed by atoms with Crippen molar-refractivity contribution >= 4 is 0 Å². The number of fused-ring (bicyclic) bond motifs is 1. The SMILES string of the molecule is Fc1ccc(-c2ccc3c(c2)CCN(CCC2CCCCCN2)C3)cc1. The Kier molecular flexibility index (Phi) is 5.66. The number of hydrogen-bond acceptors (Lipinski definition) is 2. The smallest absolute Gasteiger partial charge is 0.123 e. The van der Waals surface area contributed by atoms with E-state index >= 15 is 0 Å². The first-order chi connectivity index (χ1) is 12.8. The fraction of sp³-hybridized carbons (Fsp3) is 0.478.